The molecule has 0 saturated carbocycles. The van der Waals surface area contributed by atoms with E-state index in [1.807, 2.05) is 0 Å². The van der Waals surface area contributed by atoms with Gasteiger partial charge in [0.1, 0.15) is 18.8 Å². The van der Waals surface area contributed by atoms with Gasteiger partial charge in [0.05, 0.1) is 5.88 Å². The second-order valence-electron chi connectivity index (χ2n) is 2.84. The minimum Gasteiger partial charge on any atom is -1.00 e. The van der Waals surface area contributed by atoms with E-state index in [1.165, 1.54) is 4.57 Å². The van der Waals surface area contributed by atoms with E-state index >= 15 is 0 Å². The number of alkyl halides is 1. The second-order valence-corrected chi connectivity index (χ2v) is 3.15. The Kier molecular flexibility index (Phi) is 6.38. The minimum atomic E-state index is -0.803. The van der Waals surface area contributed by atoms with E-state index in [1.54, 1.807) is 6.92 Å². The van der Waals surface area contributed by atoms with E-state index in [0.29, 0.717) is 5.82 Å². The monoisotopic (exact) mass is 243 g/mol. The molecule has 1 aromatic rings. The number of hydrogen-bond donors (Lipinski definition) is 1. The summed E-state index contributed by atoms with van der Waals surface area (Å²) in [6.45, 7) is 1.72. The van der Waals surface area contributed by atoms with Crippen molar-refractivity contribution in [3.63, 3.8) is 0 Å². The average molecular weight is 244 g/mol. The van der Waals surface area contributed by atoms with Gasteiger partial charge in [0.15, 0.2) is 5.82 Å². The number of aryl methyl sites for hydroxylation is 1. The maximum atomic E-state index is 10.5. The van der Waals surface area contributed by atoms with Gasteiger partial charge in [-0.1, -0.05) is 0 Å². The van der Waals surface area contributed by atoms with Crippen molar-refractivity contribution in [3.8, 4) is 0 Å². The predicted molar refractivity (Wildman–Crippen MR) is 51.5 cm³/mol. The molecule has 0 saturated heterocycles. The Morgan fingerprint density at radius 2 is 2.47 bits per heavy atom. The average Bonchev–Trinajstić information content (AvgIpc) is 2.48. The van der Waals surface area contributed by atoms with Crippen molar-refractivity contribution in [2.75, 3.05) is 5.88 Å². The maximum absolute atomic E-state index is 10.5. The van der Waals surface area contributed by atoms with Crippen LogP contribution in [0.2, 0.25) is 0 Å². The van der Waals surface area contributed by atoms with E-state index in [0.717, 1.165) is 6.20 Å². The summed E-state index contributed by atoms with van der Waals surface area (Å²) in [5.41, 5.74) is 0. The summed E-state index contributed by atoms with van der Waals surface area (Å²) in [5.74, 6) is 0.391. The zero-order chi connectivity index (χ0) is 10.7. The molecule has 0 fully saturated rings. The first kappa shape index (κ1) is 14.9. The van der Waals surface area contributed by atoms with Crippen LogP contribution in [-0.4, -0.2) is 31.6 Å². The van der Waals surface area contributed by atoms with Gasteiger partial charge in [-0.05, 0) is 4.92 Å². The number of nitrogens with zero attached hydrogens (tertiary/aromatic N) is 3. The fourth-order valence-corrected chi connectivity index (χ4v) is 1.18. The number of aromatic nitrogens is 2. The molecule has 0 aliphatic rings. The van der Waals surface area contributed by atoms with Gasteiger partial charge in [-0.3, -0.25) is 0 Å². The Hall–Kier alpha value is -0.140. The maximum Gasteiger partial charge on any atom is 1.00 e. The Morgan fingerprint density at radius 3 is 2.93 bits per heavy atom. The zero-order valence-electron chi connectivity index (χ0n) is 9.55. The summed E-state index contributed by atoms with van der Waals surface area (Å²) in [6.07, 6.45) is 0.360. The first-order valence-electron chi connectivity index (χ1n) is 3.96. The Morgan fingerprint density at radius 1 is 1.87 bits per heavy atom. The number of halogens is 1. The first-order chi connectivity index (χ1) is 6.56. The van der Waals surface area contributed by atoms with Gasteiger partial charge in [0, 0.05) is 6.92 Å². The third-order valence-electron chi connectivity index (χ3n) is 1.79. The van der Waals surface area contributed by atoms with Gasteiger partial charge < -0.3 is 16.6 Å². The number of rotatable bonds is 4. The Labute approximate surface area is 115 Å². The molecular weight excluding hydrogens is 233 g/mol. The number of imidazole rings is 1. The molecule has 0 aliphatic heterocycles. The third kappa shape index (κ3) is 3.73. The predicted octanol–water partition coefficient (Wildman–Crippen LogP) is -2.18. The van der Waals surface area contributed by atoms with Gasteiger partial charge in [0.25, 0.3) is 0 Å². The van der Waals surface area contributed by atoms with Gasteiger partial charge in [-0.15, -0.1) is 11.6 Å². The second kappa shape index (κ2) is 6.44. The van der Waals surface area contributed by atoms with Crippen molar-refractivity contribution in [3.05, 3.63) is 22.1 Å². The van der Waals surface area contributed by atoms with Crippen LogP contribution in [0, 0.1) is 17.0 Å². The molecule has 15 heavy (non-hydrogen) atoms. The summed E-state index contributed by atoms with van der Waals surface area (Å²) in [7, 11) is 0. The van der Waals surface area contributed by atoms with Gasteiger partial charge >= 0.3 is 35.4 Å². The van der Waals surface area contributed by atoms with Crippen LogP contribution >= 0.6 is 11.6 Å². The van der Waals surface area contributed by atoms with E-state index in [4.69, 9.17) is 11.6 Å². The van der Waals surface area contributed by atoms with Crippen molar-refractivity contribution < 1.29 is 41.0 Å². The quantitative estimate of drug-likeness (QED) is 0.282. The fraction of sp³-hybridized carbons (Fsp3) is 0.571. The summed E-state index contributed by atoms with van der Waals surface area (Å²) >= 11 is 5.40. The molecule has 0 bridgehead atoms. The van der Waals surface area contributed by atoms with Crippen LogP contribution in [0.4, 0.5) is 5.82 Å². The van der Waals surface area contributed by atoms with Gasteiger partial charge in [-0.25, -0.2) is 9.55 Å². The van der Waals surface area contributed by atoms with E-state index in [-0.39, 0.29) is 49.2 Å². The number of aliphatic hydroxyl groups is 1. The van der Waals surface area contributed by atoms with Crippen molar-refractivity contribution in [1.82, 2.24) is 9.55 Å². The fourth-order valence-electron chi connectivity index (χ4n) is 1.09. The molecule has 1 rings (SSSR count). The molecular formula is C7H11ClN3NaO3. The topological polar surface area (TPSA) is 81.2 Å². The molecule has 1 heterocycles. The van der Waals surface area contributed by atoms with Gasteiger partial charge in [0.2, 0.25) is 0 Å². The molecule has 80 valence electrons. The normalized spacial score (nSPS) is 11.9. The molecule has 1 atom stereocenters. The van der Waals surface area contributed by atoms with E-state index in [2.05, 4.69) is 4.98 Å². The van der Waals surface area contributed by atoms with Crippen LogP contribution in [-0.2, 0) is 6.54 Å². The van der Waals surface area contributed by atoms with Crippen LogP contribution in [0.25, 0.3) is 0 Å². The Bertz CT molecular complexity index is 350. The summed E-state index contributed by atoms with van der Waals surface area (Å²) < 4.78 is 1.33. The smallest absolute Gasteiger partial charge is 1.00 e. The molecule has 1 N–H and O–H groups in total. The molecule has 1 unspecified atom stereocenters. The molecule has 0 aliphatic carbocycles. The standard InChI is InChI=1S/C7H10ClN3O3.Na.H/c1-5-9-3-7(11(13)14)10(5)4-6(12)2-8;;/h3,6,12H,2,4H2,1H3;;/q;+1;-1. The summed E-state index contributed by atoms with van der Waals surface area (Å²) in [6, 6.07) is 0. The van der Waals surface area contributed by atoms with E-state index in [9.17, 15) is 15.2 Å². The molecule has 0 radical (unpaired) electrons. The van der Waals surface area contributed by atoms with Crippen molar-refractivity contribution in [1.29, 1.82) is 0 Å². The SMILES string of the molecule is Cc1ncc([N+](=O)[O-])n1CC(O)CCl.[H-].[Na+]. The molecule has 0 aromatic carbocycles. The molecule has 0 spiro atoms. The molecule has 1 aromatic heterocycles. The number of aliphatic hydroxyl groups excluding tert-OH is 1. The van der Waals surface area contributed by atoms with Crippen LogP contribution in [0.5, 0.6) is 0 Å². The van der Waals surface area contributed by atoms with Crippen molar-refractivity contribution in [2.24, 2.45) is 0 Å². The van der Waals surface area contributed by atoms with E-state index < -0.39 is 11.0 Å². The Balaban J connectivity index is 0. The molecule has 8 heteroatoms. The zero-order valence-corrected chi connectivity index (χ0v) is 11.3. The summed E-state index contributed by atoms with van der Waals surface area (Å²) in [5, 5.41) is 19.8. The minimum absolute atomic E-state index is 0. The van der Waals surface area contributed by atoms with Crippen LogP contribution < -0.4 is 29.6 Å². The van der Waals surface area contributed by atoms with Gasteiger partial charge in [-0.2, -0.15) is 0 Å². The largest absolute Gasteiger partial charge is 1.00 e. The van der Waals surface area contributed by atoms with Crippen LogP contribution in [0.1, 0.15) is 7.25 Å². The summed E-state index contributed by atoms with van der Waals surface area (Å²) in [4.78, 5) is 13.8. The van der Waals surface area contributed by atoms with Crippen molar-refractivity contribution in [2.45, 2.75) is 19.6 Å². The third-order valence-corrected chi connectivity index (χ3v) is 2.15. The number of nitro groups is 1. The molecule has 0 amide bonds. The first-order valence-corrected chi connectivity index (χ1v) is 4.50. The molecule has 6 nitrogen and oxygen atoms in total. The van der Waals surface area contributed by atoms with Crippen LogP contribution in [0.15, 0.2) is 6.20 Å². The van der Waals surface area contributed by atoms with Crippen LogP contribution in [0.3, 0.4) is 0 Å². The van der Waals surface area contributed by atoms with Crippen molar-refractivity contribution >= 4 is 17.4 Å². The number of hydrogen-bond acceptors (Lipinski definition) is 4.